The maximum Gasteiger partial charge on any atom is 0.419 e. The van der Waals surface area contributed by atoms with Crippen molar-refractivity contribution in [3.05, 3.63) is 41.5 Å². The van der Waals surface area contributed by atoms with E-state index >= 15 is 0 Å². The molecule has 0 heterocycles. The Kier molecular flexibility index (Phi) is 7.62. The number of benzene rings is 2. The van der Waals surface area contributed by atoms with E-state index in [1.807, 2.05) is 10.9 Å². The molecule has 1 atom stereocenters. The van der Waals surface area contributed by atoms with Crippen LogP contribution in [0, 0.1) is 6.92 Å². The van der Waals surface area contributed by atoms with Crippen LogP contribution in [-0.4, -0.2) is 38.3 Å². The summed E-state index contributed by atoms with van der Waals surface area (Å²) < 4.78 is 86.4. The predicted molar refractivity (Wildman–Crippen MR) is 113 cm³/mol. The van der Waals surface area contributed by atoms with Crippen molar-refractivity contribution in [2.24, 2.45) is 0 Å². The molecule has 2 amide bonds. The van der Waals surface area contributed by atoms with Crippen molar-refractivity contribution in [2.75, 3.05) is 30.4 Å². The highest BCUT2D eigenvalue weighted by molar-refractivity contribution is 7.90. The summed E-state index contributed by atoms with van der Waals surface area (Å²) in [5.41, 5.74) is 2.76. The van der Waals surface area contributed by atoms with Gasteiger partial charge in [-0.05, 0) is 24.6 Å². The Morgan fingerprint density at radius 2 is 1.78 bits per heavy atom. The minimum absolute atomic E-state index is 0.240. The first-order valence-corrected chi connectivity index (χ1v) is 12.0. The van der Waals surface area contributed by atoms with Crippen molar-refractivity contribution in [1.29, 1.82) is 0 Å². The summed E-state index contributed by atoms with van der Waals surface area (Å²) in [4.78, 5) is 11.1. The van der Waals surface area contributed by atoms with Crippen molar-refractivity contribution in [2.45, 2.75) is 18.0 Å². The molecule has 3 N–H and O–H groups in total. The van der Waals surface area contributed by atoms with E-state index in [2.05, 4.69) is 5.32 Å². The molecule has 0 spiro atoms. The Labute approximate surface area is 184 Å². The van der Waals surface area contributed by atoms with E-state index < -0.39 is 55.0 Å². The van der Waals surface area contributed by atoms with Gasteiger partial charge in [0.05, 0.1) is 28.9 Å². The van der Waals surface area contributed by atoms with Crippen molar-refractivity contribution >= 4 is 38.3 Å². The third kappa shape index (κ3) is 6.50. The average molecular weight is 496 g/mol. The number of hydrogen-bond donors (Lipinski definition) is 3. The Morgan fingerprint density at radius 1 is 1.12 bits per heavy atom. The molecule has 1 unspecified atom stereocenters. The molecular weight excluding hydrogens is 475 g/mol. The second-order valence-electron chi connectivity index (χ2n) is 6.51. The number of alkyl halides is 3. The van der Waals surface area contributed by atoms with Crippen LogP contribution in [-0.2, 0) is 27.1 Å². The summed E-state index contributed by atoms with van der Waals surface area (Å²) in [6, 6.07) is 5.26. The summed E-state index contributed by atoms with van der Waals surface area (Å²) in [6.07, 6.45) is -3.42. The number of amides is 2. The van der Waals surface area contributed by atoms with Crippen LogP contribution in [0.2, 0.25) is 0 Å². The van der Waals surface area contributed by atoms with Crippen molar-refractivity contribution in [1.82, 2.24) is 5.43 Å². The van der Waals surface area contributed by atoms with Crippen LogP contribution < -0.4 is 25.1 Å². The van der Waals surface area contributed by atoms with Gasteiger partial charge in [-0.15, -0.1) is 0 Å². The van der Waals surface area contributed by atoms with E-state index in [9.17, 15) is 30.6 Å². The summed E-state index contributed by atoms with van der Waals surface area (Å²) in [5.74, 6) is -0.0968. The Balaban J connectivity index is 2.41. The minimum atomic E-state index is -5.11. The lowest BCUT2D eigenvalue weighted by Crippen LogP contribution is -2.34. The van der Waals surface area contributed by atoms with Crippen molar-refractivity contribution < 1.29 is 39.5 Å². The predicted octanol–water partition coefficient (Wildman–Crippen LogP) is 3.25. The van der Waals surface area contributed by atoms with Crippen LogP contribution in [0.15, 0.2) is 35.2 Å². The van der Waals surface area contributed by atoms with Gasteiger partial charge in [-0.3, -0.25) is 10.9 Å². The molecule has 2 aromatic rings. The van der Waals surface area contributed by atoms with Crippen LogP contribution in [0.5, 0.6) is 11.5 Å². The highest BCUT2D eigenvalue weighted by atomic mass is 32.2. The number of nitrogens with one attached hydrogen (secondary N) is 3. The fourth-order valence-electron chi connectivity index (χ4n) is 2.64. The number of halogens is 3. The monoisotopic (exact) mass is 495 g/mol. The molecule has 2 rings (SSSR count). The van der Waals surface area contributed by atoms with E-state index in [0.29, 0.717) is 18.1 Å². The van der Waals surface area contributed by atoms with E-state index in [1.165, 1.54) is 13.2 Å². The van der Waals surface area contributed by atoms with Crippen LogP contribution in [0.3, 0.4) is 0 Å². The lowest BCUT2D eigenvalue weighted by Gasteiger charge is -2.20. The quantitative estimate of drug-likeness (QED) is 0.504. The molecule has 2 aromatic carbocycles. The number of urea groups is 1. The van der Waals surface area contributed by atoms with Gasteiger partial charge in [0.1, 0.15) is 11.5 Å². The van der Waals surface area contributed by atoms with Crippen molar-refractivity contribution in [3.8, 4) is 11.5 Å². The first-order chi connectivity index (χ1) is 14.7. The smallest absolute Gasteiger partial charge is 0.419 e. The van der Waals surface area contributed by atoms with Crippen LogP contribution in [0.4, 0.5) is 29.3 Å². The molecule has 0 saturated heterocycles. The number of anilines is 2. The highest BCUT2D eigenvalue weighted by Gasteiger charge is 2.40. The number of carbonyl (C=O) groups excluding carboxylic acids is 1. The third-order valence-electron chi connectivity index (χ3n) is 3.89. The molecule has 0 aromatic heterocycles. The second kappa shape index (κ2) is 9.65. The average Bonchev–Trinajstić information content (AvgIpc) is 2.65. The second-order valence-corrected chi connectivity index (χ2v) is 9.46. The summed E-state index contributed by atoms with van der Waals surface area (Å²) in [7, 11) is -3.00. The lowest BCUT2D eigenvalue weighted by molar-refractivity contribution is -0.139. The van der Waals surface area contributed by atoms with E-state index in [0.717, 1.165) is 17.9 Å². The normalized spacial score (nSPS) is 12.6. The van der Waals surface area contributed by atoms with Crippen LogP contribution in [0.1, 0.15) is 11.1 Å². The highest BCUT2D eigenvalue weighted by Crippen LogP contribution is 2.41. The Bertz CT molecular complexity index is 1150. The van der Waals surface area contributed by atoms with Crippen molar-refractivity contribution in [3.63, 3.8) is 0 Å². The molecule has 14 heteroatoms. The Hall–Kier alpha value is -3.00. The van der Waals surface area contributed by atoms with Gasteiger partial charge >= 0.3 is 12.2 Å². The Morgan fingerprint density at radius 3 is 2.31 bits per heavy atom. The number of hydrazine groups is 1. The maximum atomic E-state index is 13.7. The fourth-order valence-corrected chi connectivity index (χ4v) is 3.93. The number of sulfone groups is 1. The van der Waals surface area contributed by atoms with Crippen LogP contribution >= 0.6 is 0 Å². The number of hydrogen-bond acceptors (Lipinski definition) is 7. The largest absolute Gasteiger partial charge is 0.495 e. The zero-order valence-electron chi connectivity index (χ0n) is 17.3. The third-order valence-corrected chi connectivity index (χ3v) is 5.44. The molecule has 32 heavy (non-hydrogen) atoms. The molecule has 0 aliphatic heterocycles. The van der Waals surface area contributed by atoms with Gasteiger partial charge in [-0.2, -0.15) is 13.2 Å². The molecule has 0 bridgehead atoms. The fraction of sp³-hybridized carbons (Fsp3) is 0.278. The number of aryl methyl sites for hydroxylation is 1. The van der Waals surface area contributed by atoms with E-state index in [4.69, 9.17) is 8.92 Å². The van der Waals surface area contributed by atoms with Gasteiger partial charge in [0, 0.05) is 24.6 Å². The van der Waals surface area contributed by atoms with Gasteiger partial charge in [0.2, 0.25) is 11.1 Å². The van der Waals surface area contributed by atoms with Gasteiger partial charge in [0.25, 0.3) is 0 Å². The molecule has 0 aliphatic rings. The summed E-state index contributed by atoms with van der Waals surface area (Å²) in [6.45, 7) is 1.80. The standard InChI is InChI=1S/C18H20F3N3O6S2/c1-10-5-6-12(14(7-10)29-2)22-17(25)24-23-13-8-11(30-31(3)26)9-15(32(4,27)28)16(13)18(19,20)21/h5-9,23H,1-4H3,(H2,22,24,25). The van der Waals surface area contributed by atoms with Gasteiger partial charge in [-0.1, -0.05) is 6.07 Å². The summed E-state index contributed by atoms with van der Waals surface area (Å²) >= 11 is -1.95. The number of methoxy groups -OCH3 is 1. The zero-order valence-corrected chi connectivity index (χ0v) is 18.9. The molecule has 176 valence electrons. The topological polar surface area (TPSA) is 123 Å². The minimum Gasteiger partial charge on any atom is -0.495 e. The molecule has 0 fully saturated rings. The van der Waals surface area contributed by atoms with E-state index in [1.54, 1.807) is 19.1 Å². The van der Waals surface area contributed by atoms with Gasteiger partial charge in [0.15, 0.2) is 9.84 Å². The SMILES string of the molecule is COc1cc(C)ccc1NC(=O)NNc1cc(OS(C)=O)cc(S(C)(=O)=O)c1C(F)(F)F. The zero-order chi connectivity index (χ0) is 24.3. The summed E-state index contributed by atoms with van der Waals surface area (Å²) in [5, 5.41) is 2.39. The number of carbonyl (C=O) groups is 1. The number of rotatable bonds is 7. The van der Waals surface area contributed by atoms with Gasteiger partial charge in [-0.25, -0.2) is 17.4 Å². The molecular formula is C18H20F3N3O6S2. The van der Waals surface area contributed by atoms with E-state index in [-0.39, 0.29) is 5.69 Å². The number of ether oxygens (including phenoxy) is 1. The molecule has 0 aliphatic carbocycles. The molecule has 0 radical (unpaired) electrons. The first-order valence-electron chi connectivity index (χ1n) is 8.67. The maximum absolute atomic E-state index is 13.7. The first kappa shape index (κ1) is 25.3. The molecule has 9 nitrogen and oxygen atoms in total. The molecule has 0 saturated carbocycles. The van der Waals surface area contributed by atoms with Gasteiger partial charge < -0.3 is 14.2 Å². The van der Waals surface area contributed by atoms with Crippen LogP contribution in [0.25, 0.3) is 0 Å². The lowest BCUT2D eigenvalue weighted by atomic mass is 10.1.